The second-order valence-corrected chi connectivity index (χ2v) is 6.48. The van der Waals surface area contributed by atoms with Crippen molar-refractivity contribution in [2.75, 3.05) is 13.2 Å². The molecule has 6 heteroatoms. The van der Waals surface area contributed by atoms with Crippen LogP contribution >= 0.6 is 0 Å². The third kappa shape index (κ3) is 3.38. The summed E-state index contributed by atoms with van der Waals surface area (Å²) in [4.78, 5) is 25.6. The van der Waals surface area contributed by atoms with Gasteiger partial charge in [-0.1, -0.05) is 30.3 Å². The molecule has 1 heterocycles. The highest BCUT2D eigenvalue weighted by atomic mass is 16.5. The fourth-order valence-electron chi connectivity index (χ4n) is 2.97. The Morgan fingerprint density at radius 3 is 2.70 bits per heavy atom. The molecule has 1 saturated heterocycles. The fourth-order valence-corrected chi connectivity index (χ4v) is 2.97. The van der Waals surface area contributed by atoms with Gasteiger partial charge in [0.1, 0.15) is 5.54 Å². The summed E-state index contributed by atoms with van der Waals surface area (Å²) in [7, 11) is 0. The Bertz CT molecular complexity index is 588. The number of nitrogens with one attached hydrogen (secondary N) is 1. The summed E-state index contributed by atoms with van der Waals surface area (Å²) in [6, 6.07) is 9.21. The first-order valence-electron chi connectivity index (χ1n) is 7.94. The van der Waals surface area contributed by atoms with Crippen LogP contribution < -0.4 is 5.32 Å². The van der Waals surface area contributed by atoms with Gasteiger partial charge in [0, 0.05) is 0 Å². The van der Waals surface area contributed by atoms with E-state index in [1.165, 1.54) is 0 Å². The molecule has 0 bridgehead atoms. The number of ether oxygens (including phenoxy) is 1. The topological polar surface area (TPSA) is 78.9 Å². The lowest BCUT2D eigenvalue weighted by molar-refractivity contribution is -0.132. The number of aliphatic hydroxyl groups is 1. The highest BCUT2D eigenvalue weighted by Crippen LogP contribution is 2.42. The highest BCUT2D eigenvalue weighted by molar-refractivity contribution is 6.07. The van der Waals surface area contributed by atoms with Crippen LogP contribution in [0.3, 0.4) is 0 Å². The van der Waals surface area contributed by atoms with E-state index >= 15 is 0 Å². The summed E-state index contributed by atoms with van der Waals surface area (Å²) >= 11 is 0. The van der Waals surface area contributed by atoms with Gasteiger partial charge in [0.05, 0.1) is 25.9 Å². The third-order valence-corrected chi connectivity index (χ3v) is 4.51. The molecular weight excluding hydrogens is 296 g/mol. The Labute approximate surface area is 135 Å². The monoisotopic (exact) mass is 318 g/mol. The van der Waals surface area contributed by atoms with Crippen molar-refractivity contribution in [3.05, 3.63) is 35.9 Å². The smallest absolute Gasteiger partial charge is 0.325 e. The van der Waals surface area contributed by atoms with E-state index in [1.54, 1.807) is 6.92 Å². The van der Waals surface area contributed by atoms with Gasteiger partial charge in [-0.2, -0.15) is 0 Å². The van der Waals surface area contributed by atoms with Crippen molar-refractivity contribution in [3.63, 3.8) is 0 Å². The first-order valence-corrected chi connectivity index (χ1v) is 7.94. The number of rotatable bonds is 7. The van der Waals surface area contributed by atoms with Gasteiger partial charge < -0.3 is 15.2 Å². The van der Waals surface area contributed by atoms with Gasteiger partial charge in [0.15, 0.2) is 0 Å². The second-order valence-electron chi connectivity index (χ2n) is 6.48. The first kappa shape index (κ1) is 16.0. The van der Waals surface area contributed by atoms with E-state index in [1.807, 2.05) is 30.3 Å². The summed E-state index contributed by atoms with van der Waals surface area (Å²) in [5.74, 6) is -0.0254. The lowest BCUT2D eigenvalue weighted by Gasteiger charge is -2.22. The zero-order chi connectivity index (χ0) is 16.4. The molecule has 3 amide bonds. The second kappa shape index (κ2) is 6.29. The lowest BCUT2D eigenvalue weighted by Crippen LogP contribution is -2.46. The predicted octanol–water partition coefficient (Wildman–Crippen LogP) is 1.28. The number of hydrogen-bond donors (Lipinski definition) is 2. The maximum Gasteiger partial charge on any atom is 0.325 e. The lowest BCUT2D eigenvalue weighted by atomic mass is 9.96. The average Bonchev–Trinajstić information content (AvgIpc) is 3.35. The number of carbonyl (C=O) groups excluding carboxylic acids is 2. The Kier molecular flexibility index (Phi) is 4.37. The van der Waals surface area contributed by atoms with Crippen molar-refractivity contribution in [2.24, 2.45) is 5.92 Å². The average molecular weight is 318 g/mol. The molecule has 23 heavy (non-hydrogen) atoms. The minimum atomic E-state index is -0.894. The van der Waals surface area contributed by atoms with Gasteiger partial charge in [0.25, 0.3) is 5.91 Å². The number of hydrogen-bond acceptors (Lipinski definition) is 4. The van der Waals surface area contributed by atoms with Crippen LogP contribution in [0.1, 0.15) is 25.3 Å². The number of urea groups is 1. The Hall–Kier alpha value is -1.92. The molecule has 1 aliphatic carbocycles. The van der Waals surface area contributed by atoms with E-state index in [9.17, 15) is 14.7 Å². The maximum atomic E-state index is 12.4. The van der Waals surface area contributed by atoms with Crippen LogP contribution in [0, 0.1) is 5.92 Å². The van der Waals surface area contributed by atoms with E-state index < -0.39 is 17.7 Å². The van der Waals surface area contributed by atoms with E-state index in [2.05, 4.69) is 5.32 Å². The molecule has 1 aromatic carbocycles. The molecule has 0 spiro atoms. The number of aliphatic hydroxyl groups excluding tert-OH is 1. The molecule has 2 N–H and O–H groups in total. The maximum absolute atomic E-state index is 12.4. The van der Waals surface area contributed by atoms with Crippen LogP contribution in [0.2, 0.25) is 0 Å². The summed E-state index contributed by atoms with van der Waals surface area (Å²) in [6.07, 6.45) is 1.02. The third-order valence-electron chi connectivity index (χ3n) is 4.51. The molecule has 2 unspecified atom stereocenters. The van der Waals surface area contributed by atoms with Crippen LogP contribution in [0.5, 0.6) is 0 Å². The van der Waals surface area contributed by atoms with Crippen LogP contribution in [0.25, 0.3) is 0 Å². The van der Waals surface area contributed by atoms with E-state index in [-0.39, 0.29) is 25.0 Å². The number of nitrogens with zero attached hydrogens (tertiary/aromatic N) is 1. The molecule has 124 valence electrons. The van der Waals surface area contributed by atoms with Gasteiger partial charge in [-0.15, -0.1) is 0 Å². The number of amides is 3. The van der Waals surface area contributed by atoms with Crippen molar-refractivity contribution >= 4 is 11.9 Å². The van der Waals surface area contributed by atoms with Crippen molar-refractivity contribution in [1.82, 2.24) is 10.2 Å². The Balaban J connectivity index is 1.48. The van der Waals surface area contributed by atoms with E-state index in [0.717, 1.165) is 23.3 Å². The van der Waals surface area contributed by atoms with Crippen molar-refractivity contribution < 1.29 is 19.4 Å². The fraction of sp³-hybridized carbons (Fsp3) is 0.529. The Morgan fingerprint density at radius 1 is 1.35 bits per heavy atom. The first-order chi connectivity index (χ1) is 11.0. The van der Waals surface area contributed by atoms with Gasteiger partial charge in [-0.05, 0) is 31.2 Å². The molecule has 3 rings (SSSR count). The SMILES string of the molecule is CC1(C2CC2)NC(=O)N(CC(O)COCc2ccccc2)C1=O. The van der Waals surface area contributed by atoms with E-state index in [0.29, 0.717) is 6.61 Å². The number of β-amino-alcohol motifs (C(OH)–C–C–N with tert-alkyl or cyclic N) is 1. The minimum Gasteiger partial charge on any atom is -0.389 e. The Morgan fingerprint density at radius 2 is 2.04 bits per heavy atom. The quantitative estimate of drug-likeness (QED) is 0.743. The predicted molar refractivity (Wildman–Crippen MR) is 83.5 cm³/mol. The molecule has 1 saturated carbocycles. The summed E-state index contributed by atoms with van der Waals surface area (Å²) < 4.78 is 5.45. The largest absolute Gasteiger partial charge is 0.389 e. The molecule has 2 fully saturated rings. The van der Waals surface area contributed by atoms with Crippen molar-refractivity contribution in [1.29, 1.82) is 0 Å². The van der Waals surface area contributed by atoms with Crippen molar-refractivity contribution in [2.45, 2.75) is 38.0 Å². The van der Waals surface area contributed by atoms with Gasteiger partial charge in [-0.25, -0.2) is 4.79 Å². The number of imide groups is 1. The molecule has 1 aromatic rings. The van der Waals surface area contributed by atoms with Gasteiger partial charge >= 0.3 is 6.03 Å². The van der Waals surface area contributed by atoms with Crippen LogP contribution in [-0.4, -0.2) is 46.7 Å². The molecular formula is C17H22N2O4. The summed E-state index contributed by atoms with van der Waals surface area (Å²) in [6.45, 7) is 2.19. The normalized spacial score (nSPS) is 25.6. The van der Waals surface area contributed by atoms with Crippen LogP contribution in [0.15, 0.2) is 30.3 Å². The van der Waals surface area contributed by atoms with Crippen LogP contribution in [-0.2, 0) is 16.1 Å². The molecule has 2 atom stereocenters. The zero-order valence-electron chi connectivity index (χ0n) is 13.2. The minimum absolute atomic E-state index is 0.0399. The summed E-state index contributed by atoms with van der Waals surface area (Å²) in [5, 5.41) is 12.8. The molecule has 6 nitrogen and oxygen atoms in total. The molecule has 0 aromatic heterocycles. The molecule has 2 aliphatic rings. The summed E-state index contributed by atoms with van der Waals surface area (Å²) in [5.41, 5.74) is 0.206. The number of carbonyl (C=O) groups is 2. The van der Waals surface area contributed by atoms with E-state index in [4.69, 9.17) is 4.74 Å². The van der Waals surface area contributed by atoms with Gasteiger partial charge in [-0.3, -0.25) is 9.69 Å². The van der Waals surface area contributed by atoms with Crippen molar-refractivity contribution in [3.8, 4) is 0 Å². The highest BCUT2D eigenvalue weighted by Gasteiger charge is 2.56. The van der Waals surface area contributed by atoms with Gasteiger partial charge in [0.2, 0.25) is 0 Å². The zero-order valence-corrected chi connectivity index (χ0v) is 13.2. The van der Waals surface area contributed by atoms with Crippen LogP contribution in [0.4, 0.5) is 4.79 Å². The molecule has 0 radical (unpaired) electrons. The number of benzene rings is 1. The standard InChI is InChI=1S/C17H22N2O4/c1-17(13-7-8-13)15(21)19(16(22)18-17)9-14(20)11-23-10-12-5-3-2-4-6-12/h2-6,13-14,20H,7-11H2,1H3,(H,18,22). The molecule has 1 aliphatic heterocycles.